The number of nitrogens with one attached hydrogen (secondary N) is 1. The molecule has 1 aromatic heterocycles. The van der Waals surface area contributed by atoms with Crippen molar-refractivity contribution in [2.24, 2.45) is 0 Å². The van der Waals surface area contributed by atoms with Gasteiger partial charge in [0.2, 0.25) is 0 Å². The average molecular weight is 273 g/mol. The molecule has 1 atom stereocenters. The lowest BCUT2D eigenvalue weighted by molar-refractivity contribution is -0.139. The highest BCUT2D eigenvalue weighted by Crippen LogP contribution is 2.01. The van der Waals surface area contributed by atoms with E-state index >= 15 is 0 Å². The molecule has 1 N–H and O–H groups in total. The van der Waals surface area contributed by atoms with Crippen molar-refractivity contribution in [1.82, 2.24) is 10.3 Å². The van der Waals surface area contributed by atoms with E-state index in [4.69, 9.17) is 0 Å². The van der Waals surface area contributed by atoms with Crippen LogP contribution in [0, 0.1) is 0 Å². The van der Waals surface area contributed by atoms with Crippen LogP contribution in [0.25, 0.3) is 0 Å². The van der Waals surface area contributed by atoms with E-state index < -0.39 is 0 Å². The largest absolute Gasteiger partial charge is 0.468 e. The minimum absolute atomic E-state index is 0.266. The third-order valence-corrected chi connectivity index (χ3v) is 2.56. The zero-order valence-electron chi connectivity index (χ0n) is 8.44. The van der Waals surface area contributed by atoms with Crippen molar-refractivity contribution in [3.05, 3.63) is 30.1 Å². The number of alkyl halides is 1. The SMILES string of the molecule is COC(=O)C(Br)CNCc1ccncc1. The van der Waals surface area contributed by atoms with Gasteiger partial charge in [-0.15, -0.1) is 0 Å². The van der Waals surface area contributed by atoms with Crippen LogP contribution in [0.1, 0.15) is 5.56 Å². The van der Waals surface area contributed by atoms with Gasteiger partial charge in [-0.3, -0.25) is 9.78 Å². The van der Waals surface area contributed by atoms with E-state index in [0.717, 1.165) is 5.56 Å². The Morgan fingerprint density at radius 2 is 2.27 bits per heavy atom. The molecule has 5 heteroatoms. The fourth-order valence-electron chi connectivity index (χ4n) is 1.06. The number of ether oxygens (including phenoxy) is 1. The van der Waals surface area contributed by atoms with Gasteiger partial charge in [0.15, 0.2) is 0 Å². The van der Waals surface area contributed by atoms with E-state index in [0.29, 0.717) is 13.1 Å². The highest BCUT2D eigenvalue weighted by Gasteiger charge is 2.13. The third-order valence-electron chi connectivity index (χ3n) is 1.86. The highest BCUT2D eigenvalue weighted by molar-refractivity contribution is 9.10. The van der Waals surface area contributed by atoms with Crippen LogP contribution in [-0.4, -0.2) is 29.4 Å². The van der Waals surface area contributed by atoms with Crippen LogP contribution in [0.3, 0.4) is 0 Å². The first-order chi connectivity index (χ1) is 7.24. The number of aromatic nitrogens is 1. The van der Waals surface area contributed by atoms with Crippen molar-refractivity contribution in [1.29, 1.82) is 0 Å². The molecule has 1 rings (SSSR count). The van der Waals surface area contributed by atoms with Crippen molar-refractivity contribution in [2.45, 2.75) is 11.4 Å². The van der Waals surface area contributed by atoms with Gasteiger partial charge in [0, 0.05) is 25.5 Å². The molecule has 15 heavy (non-hydrogen) atoms. The number of pyridine rings is 1. The Kier molecular flexibility index (Phi) is 5.28. The van der Waals surface area contributed by atoms with Crippen molar-refractivity contribution in [2.75, 3.05) is 13.7 Å². The lowest BCUT2D eigenvalue weighted by atomic mass is 10.2. The lowest BCUT2D eigenvalue weighted by Crippen LogP contribution is -2.29. The Morgan fingerprint density at radius 3 is 2.87 bits per heavy atom. The first kappa shape index (κ1) is 12.1. The fourth-order valence-corrected chi connectivity index (χ4v) is 1.47. The standard InChI is InChI=1S/C10H13BrN2O2/c1-15-10(14)9(11)7-13-6-8-2-4-12-5-3-8/h2-5,9,13H,6-7H2,1H3. The van der Waals surface area contributed by atoms with E-state index in [1.807, 2.05) is 12.1 Å². The van der Waals surface area contributed by atoms with Gasteiger partial charge in [-0.25, -0.2) is 0 Å². The number of rotatable bonds is 5. The zero-order chi connectivity index (χ0) is 11.1. The zero-order valence-corrected chi connectivity index (χ0v) is 10.0. The Morgan fingerprint density at radius 1 is 1.60 bits per heavy atom. The molecule has 0 spiro atoms. The van der Waals surface area contributed by atoms with Crippen LogP contribution < -0.4 is 5.32 Å². The molecule has 0 fully saturated rings. The predicted octanol–water partition coefficient (Wildman–Crippen LogP) is 1.11. The van der Waals surface area contributed by atoms with Crippen molar-refractivity contribution in [3.8, 4) is 0 Å². The summed E-state index contributed by atoms with van der Waals surface area (Å²) in [6.07, 6.45) is 3.48. The minimum atomic E-state index is -0.302. The second kappa shape index (κ2) is 6.53. The van der Waals surface area contributed by atoms with Crippen LogP contribution in [0.4, 0.5) is 0 Å². The smallest absolute Gasteiger partial charge is 0.320 e. The first-order valence-corrected chi connectivity index (χ1v) is 5.47. The average Bonchev–Trinajstić information content (AvgIpc) is 2.29. The van der Waals surface area contributed by atoms with E-state index in [1.165, 1.54) is 7.11 Å². The van der Waals surface area contributed by atoms with Crippen LogP contribution in [-0.2, 0) is 16.1 Å². The van der Waals surface area contributed by atoms with Crippen LogP contribution in [0.15, 0.2) is 24.5 Å². The maximum absolute atomic E-state index is 11.0. The predicted molar refractivity (Wildman–Crippen MR) is 60.7 cm³/mol. The van der Waals surface area contributed by atoms with Crippen molar-refractivity contribution in [3.63, 3.8) is 0 Å². The number of esters is 1. The van der Waals surface area contributed by atoms with Gasteiger partial charge in [-0.2, -0.15) is 0 Å². The molecule has 0 bridgehead atoms. The Balaban J connectivity index is 2.25. The summed E-state index contributed by atoms with van der Waals surface area (Å²) in [6, 6.07) is 3.85. The van der Waals surface area contributed by atoms with Crippen LogP contribution in [0.5, 0.6) is 0 Å². The molecule has 4 nitrogen and oxygen atoms in total. The van der Waals surface area contributed by atoms with E-state index in [9.17, 15) is 4.79 Å². The second-order valence-corrected chi connectivity index (χ2v) is 4.08. The maximum atomic E-state index is 11.0. The highest BCUT2D eigenvalue weighted by atomic mass is 79.9. The number of methoxy groups -OCH3 is 1. The fraction of sp³-hybridized carbons (Fsp3) is 0.400. The van der Waals surface area contributed by atoms with Crippen LogP contribution in [0.2, 0.25) is 0 Å². The quantitative estimate of drug-likeness (QED) is 0.645. The van der Waals surface area contributed by atoms with Gasteiger partial charge in [0.05, 0.1) is 7.11 Å². The molecule has 82 valence electrons. The van der Waals surface area contributed by atoms with Crippen molar-refractivity contribution >= 4 is 21.9 Å². The van der Waals surface area contributed by atoms with Gasteiger partial charge in [-0.1, -0.05) is 15.9 Å². The number of halogens is 1. The number of hydrogen-bond donors (Lipinski definition) is 1. The summed E-state index contributed by atoms with van der Waals surface area (Å²) in [5.41, 5.74) is 1.13. The first-order valence-electron chi connectivity index (χ1n) is 4.55. The summed E-state index contributed by atoms with van der Waals surface area (Å²) in [4.78, 5) is 14.7. The topological polar surface area (TPSA) is 51.2 Å². The summed E-state index contributed by atoms with van der Waals surface area (Å²) in [7, 11) is 1.37. The van der Waals surface area contributed by atoms with Gasteiger partial charge in [-0.05, 0) is 17.7 Å². The monoisotopic (exact) mass is 272 g/mol. The van der Waals surface area contributed by atoms with Gasteiger partial charge < -0.3 is 10.1 Å². The molecule has 1 unspecified atom stereocenters. The molecule has 0 aliphatic carbocycles. The number of nitrogens with zero attached hydrogens (tertiary/aromatic N) is 1. The van der Waals surface area contributed by atoms with Crippen molar-refractivity contribution < 1.29 is 9.53 Å². The van der Waals surface area contributed by atoms with Crippen LogP contribution >= 0.6 is 15.9 Å². The summed E-state index contributed by atoms with van der Waals surface area (Å²) in [5.74, 6) is -0.266. The number of hydrogen-bond acceptors (Lipinski definition) is 4. The normalized spacial score (nSPS) is 12.1. The minimum Gasteiger partial charge on any atom is -0.468 e. The molecule has 1 aromatic rings. The molecule has 0 saturated carbocycles. The molecule has 0 aliphatic rings. The summed E-state index contributed by atoms with van der Waals surface area (Å²) < 4.78 is 4.58. The third kappa shape index (κ3) is 4.40. The molecule has 0 radical (unpaired) electrons. The summed E-state index contributed by atoms with van der Waals surface area (Å²) >= 11 is 3.23. The van der Waals surface area contributed by atoms with Gasteiger partial charge >= 0.3 is 5.97 Å². The van der Waals surface area contributed by atoms with Gasteiger partial charge in [0.25, 0.3) is 0 Å². The molecular weight excluding hydrogens is 260 g/mol. The Hall–Kier alpha value is -0.940. The Bertz CT molecular complexity index is 306. The number of carbonyl (C=O) groups excluding carboxylic acids is 1. The molecule has 0 saturated heterocycles. The van der Waals surface area contributed by atoms with E-state index in [1.54, 1.807) is 12.4 Å². The van der Waals surface area contributed by atoms with E-state index in [2.05, 4.69) is 31.0 Å². The molecule has 0 aromatic carbocycles. The Labute approximate surface area is 97.2 Å². The number of carbonyl (C=O) groups is 1. The molecular formula is C10H13BrN2O2. The molecule has 1 heterocycles. The van der Waals surface area contributed by atoms with Gasteiger partial charge in [0.1, 0.15) is 4.83 Å². The molecule has 0 aliphatic heterocycles. The lowest BCUT2D eigenvalue weighted by Gasteiger charge is -2.08. The summed E-state index contributed by atoms with van der Waals surface area (Å²) in [6.45, 7) is 1.25. The molecule has 0 amide bonds. The van der Waals surface area contributed by atoms with E-state index in [-0.39, 0.29) is 10.8 Å². The second-order valence-electron chi connectivity index (χ2n) is 2.98. The maximum Gasteiger partial charge on any atom is 0.320 e. The summed E-state index contributed by atoms with van der Waals surface area (Å²) in [5, 5.41) is 3.14.